The Kier molecular flexibility index (Phi) is 7.45. The third-order valence-corrected chi connectivity index (χ3v) is 5.75. The van der Waals surface area contributed by atoms with Gasteiger partial charge in [-0.1, -0.05) is 24.6 Å². The van der Waals surface area contributed by atoms with Crippen molar-refractivity contribution in [2.75, 3.05) is 39.4 Å². The van der Waals surface area contributed by atoms with Crippen LogP contribution < -0.4 is 0 Å². The average molecular weight is 399 g/mol. The number of amides is 1. The summed E-state index contributed by atoms with van der Waals surface area (Å²) in [5.74, 6) is 1.11. The predicted molar refractivity (Wildman–Crippen MR) is 115 cm³/mol. The van der Waals surface area contributed by atoms with Gasteiger partial charge < -0.3 is 14.2 Å². The van der Waals surface area contributed by atoms with Crippen molar-refractivity contribution in [2.45, 2.75) is 47.2 Å². The summed E-state index contributed by atoms with van der Waals surface area (Å²) >= 11 is 0. The molecule has 1 aromatic heterocycles. The highest BCUT2D eigenvalue weighted by atomic mass is 16.5. The summed E-state index contributed by atoms with van der Waals surface area (Å²) in [6.45, 7) is 14.8. The van der Waals surface area contributed by atoms with Gasteiger partial charge in [0.15, 0.2) is 0 Å². The molecular weight excluding hydrogens is 364 g/mol. The molecule has 6 heteroatoms. The van der Waals surface area contributed by atoms with Gasteiger partial charge >= 0.3 is 0 Å². The molecule has 6 nitrogen and oxygen atoms in total. The van der Waals surface area contributed by atoms with Crippen molar-refractivity contribution in [3.63, 3.8) is 0 Å². The highest BCUT2D eigenvalue weighted by Gasteiger charge is 2.18. The quantitative estimate of drug-likeness (QED) is 0.686. The van der Waals surface area contributed by atoms with E-state index in [9.17, 15) is 4.79 Å². The van der Waals surface area contributed by atoms with Crippen LogP contribution >= 0.6 is 0 Å². The summed E-state index contributed by atoms with van der Waals surface area (Å²) < 4.78 is 7.60. The second-order valence-corrected chi connectivity index (χ2v) is 7.97. The maximum Gasteiger partial charge on any atom is 0.222 e. The molecule has 1 saturated heterocycles. The molecule has 0 radical (unpaired) electrons. The molecule has 1 aromatic carbocycles. The van der Waals surface area contributed by atoms with Gasteiger partial charge in [-0.3, -0.25) is 9.69 Å². The van der Waals surface area contributed by atoms with Gasteiger partial charge in [-0.25, -0.2) is 4.98 Å². The Morgan fingerprint density at radius 3 is 2.52 bits per heavy atom. The zero-order valence-corrected chi connectivity index (χ0v) is 18.3. The second-order valence-electron chi connectivity index (χ2n) is 7.97. The van der Waals surface area contributed by atoms with E-state index in [1.165, 1.54) is 22.3 Å². The van der Waals surface area contributed by atoms with Crippen LogP contribution in [-0.4, -0.2) is 64.7 Å². The molecule has 1 aliphatic heterocycles. The largest absolute Gasteiger partial charge is 0.379 e. The topological polar surface area (TPSA) is 50.6 Å². The second kappa shape index (κ2) is 10.0. The minimum absolute atomic E-state index is 0.176. The molecule has 0 unspecified atom stereocenters. The number of aromatic nitrogens is 2. The smallest absolute Gasteiger partial charge is 0.222 e. The van der Waals surface area contributed by atoms with Gasteiger partial charge in [-0.2, -0.15) is 0 Å². The summed E-state index contributed by atoms with van der Waals surface area (Å²) in [6.07, 6.45) is 4.37. The van der Waals surface area contributed by atoms with Gasteiger partial charge in [0.25, 0.3) is 0 Å². The molecule has 158 valence electrons. The maximum atomic E-state index is 12.6. The number of aryl methyl sites for hydroxylation is 3. The van der Waals surface area contributed by atoms with Crippen molar-refractivity contribution in [1.82, 2.24) is 19.4 Å². The molecule has 1 amide bonds. The zero-order chi connectivity index (χ0) is 20.8. The molecule has 2 aromatic rings. The fraction of sp³-hybridized carbons (Fsp3) is 0.565. The van der Waals surface area contributed by atoms with Gasteiger partial charge in [0, 0.05) is 51.5 Å². The molecule has 0 spiro atoms. The Balaban J connectivity index is 1.71. The molecule has 1 fully saturated rings. The van der Waals surface area contributed by atoms with E-state index in [2.05, 4.69) is 47.4 Å². The lowest BCUT2D eigenvalue weighted by atomic mass is 10.00. The number of carbonyl (C=O) groups excluding carboxylic acids is 1. The number of hydrogen-bond donors (Lipinski definition) is 0. The minimum Gasteiger partial charge on any atom is -0.379 e. The molecule has 0 atom stereocenters. The van der Waals surface area contributed by atoms with Crippen LogP contribution in [0.15, 0.2) is 24.5 Å². The number of carbonyl (C=O) groups is 1. The van der Waals surface area contributed by atoms with Crippen LogP contribution in [0.1, 0.15) is 41.4 Å². The number of benzene rings is 1. The van der Waals surface area contributed by atoms with Gasteiger partial charge in [-0.05, 0) is 37.5 Å². The Hall–Kier alpha value is -2.18. The number of imidazole rings is 1. The lowest BCUT2D eigenvalue weighted by molar-refractivity contribution is -0.132. The highest BCUT2D eigenvalue weighted by Crippen LogP contribution is 2.19. The first-order valence-electron chi connectivity index (χ1n) is 10.6. The number of nitrogens with zero attached hydrogens (tertiary/aromatic N) is 4. The fourth-order valence-electron chi connectivity index (χ4n) is 4.04. The SMILES string of the molecule is CCC(=O)N(CCN1CCOCC1)Cc1nccn1Cc1c(C)cc(C)cc1C. The first-order valence-corrected chi connectivity index (χ1v) is 10.6. The van der Waals surface area contributed by atoms with Crippen molar-refractivity contribution in [1.29, 1.82) is 0 Å². The van der Waals surface area contributed by atoms with E-state index >= 15 is 0 Å². The highest BCUT2D eigenvalue weighted by molar-refractivity contribution is 5.75. The molecule has 0 aliphatic carbocycles. The third-order valence-electron chi connectivity index (χ3n) is 5.75. The van der Waals surface area contributed by atoms with Crippen LogP contribution in [-0.2, 0) is 22.6 Å². The first kappa shape index (κ1) is 21.5. The van der Waals surface area contributed by atoms with E-state index in [1.54, 1.807) is 0 Å². The first-order chi connectivity index (χ1) is 14.0. The third kappa shape index (κ3) is 5.67. The number of rotatable bonds is 8. The molecule has 2 heterocycles. The summed E-state index contributed by atoms with van der Waals surface area (Å²) in [6, 6.07) is 4.46. The van der Waals surface area contributed by atoms with E-state index in [0.29, 0.717) is 13.0 Å². The zero-order valence-electron chi connectivity index (χ0n) is 18.3. The van der Waals surface area contributed by atoms with Crippen molar-refractivity contribution in [3.05, 3.63) is 52.6 Å². The van der Waals surface area contributed by atoms with Crippen molar-refractivity contribution < 1.29 is 9.53 Å². The monoisotopic (exact) mass is 398 g/mol. The van der Waals surface area contributed by atoms with Gasteiger partial charge in [0.2, 0.25) is 5.91 Å². The molecular formula is C23H34N4O2. The van der Waals surface area contributed by atoms with Crippen LogP contribution in [0.4, 0.5) is 0 Å². The maximum absolute atomic E-state index is 12.6. The lowest BCUT2D eigenvalue weighted by Gasteiger charge is -2.30. The van der Waals surface area contributed by atoms with Crippen LogP contribution in [0.2, 0.25) is 0 Å². The van der Waals surface area contributed by atoms with Crippen LogP contribution in [0.3, 0.4) is 0 Å². The predicted octanol–water partition coefficient (Wildman–Crippen LogP) is 2.93. The van der Waals surface area contributed by atoms with Crippen LogP contribution in [0.25, 0.3) is 0 Å². The summed E-state index contributed by atoms with van der Waals surface area (Å²) in [4.78, 5) is 21.5. The van der Waals surface area contributed by atoms with Crippen LogP contribution in [0.5, 0.6) is 0 Å². The summed E-state index contributed by atoms with van der Waals surface area (Å²) in [5.41, 5.74) is 5.22. The van der Waals surface area contributed by atoms with E-state index in [4.69, 9.17) is 4.74 Å². The van der Waals surface area contributed by atoms with Gasteiger partial charge in [0.05, 0.1) is 19.8 Å². The summed E-state index contributed by atoms with van der Waals surface area (Å²) in [7, 11) is 0. The Morgan fingerprint density at radius 2 is 1.86 bits per heavy atom. The van der Waals surface area contributed by atoms with Crippen molar-refractivity contribution in [2.24, 2.45) is 0 Å². The molecule has 1 aliphatic rings. The van der Waals surface area contributed by atoms with E-state index in [-0.39, 0.29) is 5.91 Å². The fourth-order valence-corrected chi connectivity index (χ4v) is 4.04. The number of morpholine rings is 1. The van der Waals surface area contributed by atoms with E-state index < -0.39 is 0 Å². The minimum atomic E-state index is 0.176. The molecule has 0 N–H and O–H groups in total. The molecule has 29 heavy (non-hydrogen) atoms. The Bertz CT molecular complexity index is 801. The standard InChI is InChI=1S/C23H34N4O2/c1-5-23(28)27(9-8-25-10-12-29-13-11-25)17-22-24-6-7-26(22)16-21-19(3)14-18(2)15-20(21)4/h6-7,14-15H,5,8-13,16-17H2,1-4H3. The van der Waals surface area contributed by atoms with Crippen molar-refractivity contribution >= 4 is 5.91 Å². The normalized spacial score (nSPS) is 14.9. The Morgan fingerprint density at radius 1 is 1.17 bits per heavy atom. The average Bonchev–Trinajstić information content (AvgIpc) is 3.14. The van der Waals surface area contributed by atoms with Crippen molar-refractivity contribution in [3.8, 4) is 0 Å². The number of hydrogen-bond acceptors (Lipinski definition) is 4. The Labute approximate surface area is 174 Å². The molecule has 0 bridgehead atoms. The summed E-state index contributed by atoms with van der Waals surface area (Å²) in [5, 5.41) is 0. The molecule has 0 saturated carbocycles. The van der Waals surface area contributed by atoms with E-state index in [0.717, 1.165) is 51.8 Å². The van der Waals surface area contributed by atoms with Gasteiger partial charge in [-0.15, -0.1) is 0 Å². The molecule has 3 rings (SSSR count). The lowest BCUT2D eigenvalue weighted by Crippen LogP contribution is -2.43. The van der Waals surface area contributed by atoms with Crippen LogP contribution in [0, 0.1) is 20.8 Å². The number of ether oxygens (including phenoxy) is 1. The van der Waals surface area contributed by atoms with E-state index in [1.807, 2.05) is 24.2 Å². The van der Waals surface area contributed by atoms with Gasteiger partial charge in [0.1, 0.15) is 5.82 Å².